The Morgan fingerprint density at radius 1 is 1.40 bits per heavy atom. The first-order valence-electron chi connectivity index (χ1n) is 7.89. The molecule has 130 valence electrons. The minimum absolute atomic E-state index is 0.265. The number of amidine groups is 1. The summed E-state index contributed by atoms with van der Waals surface area (Å²) in [6, 6.07) is 9.43. The molecule has 2 heterocycles. The number of hydrogen-bond acceptors (Lipinski definition) is 5. The summed E-state index contributed by atoms with van der Waals surface area (Å²) in [5, 5.41) is 4.01. The molecule has 1 aliphatic rings. The third-order valence-corrected chi connectivity index (χ3v) is 5.20. The van der Waals surface area contributed by atoms with E-state index in [1.165, 1.54) is 6.20 Å². The molecule has 1 aromatic heterocycles. The lowest BCUT2D eigenvalue weighted by molar-refractivity contribution is 0.102. The van der Waals surface area contributed by atoms with Gasteiger partial charge in [0, 0.05) is 17.6 Å². The molecule has 3 rings (SSSR count). The number of nitrogens with one attached hydrogen (secondary N) is 1. The predicted octanol–water partition coefficient (Wildman–Crippen LogP) is 3.96. The zero-order chi connectivity index (χ0) is 18.0. The van der Waals surface area contributed by atoms with Crippen molar-refractivity contribution in [3.05, 3.63) is 58.4 Å². The number of amides is 1. The van der Waals surface area contributed by atoms with Crippen LogP contribution in [0.2, 0.25) is 5.02 Å². The Bertz CT molecular complexity index is 855. The Labute approximate surface area is 156 Å². The summed E-state index contributed by atoms with van der Waals surface area (Å²) in [5.74, 6) is 0.662. The van der Waals surface area contributed by atoms with Crippen LogP contribution in [-0.2, 0) is 5.54 Å². The first-order valence-corrected chi connectivity index (χ1v) is 9.26. The van der Waals surface area contributed by atoms with E-state index in [1.807, 2.05) is 31.2 Å². The lowest BCUT2D eigenvalue weighted by Crippen LogP contribution is -2.28. The molecular weight excluding hydrogens is 356 g/mol. The summed E-state index contributed by atoms with van der Waals surface area (Å²) in [4.78, 5) is 21.2. The van der Waals surface area contributed by atoms with Crippen LogP contribution in [-0.4, -0.2) is 21.8 Å². The quantitative estimate of drug-likeness (QED) is 0.851. The van der Waals surface area contributed by atoms with E-state index in [9.17, 15) is 4.79 Å². The maximum Gasteiger partial charge on any atom is 0.274 e. The predicted molar refractivity (Wildman–Crippen MR) is 104 cm³/mol. The van der Waals surface area contributed by atoms with Crippen molar-refractivity contribution in [1.29, 1.82) is 0 Å². The number of aliphatic imine (C=N–C) groups is 1. The van der Waals surface area contributed by atoms with Gasteiger partial charge in [-0.3, -0.25) is 9.79 Å². The zero-order valence-corrected chi connectivity index (χ0v) is 15.6. The van der Waals surface area contributed by atoms with Gasteiger partial charge < -0.3 is 11.1 Å². The minimum Gasteiger partial charge on any atom is -0.379 e. The summed E-state index contributed by atoms with van der Waals surface area (Å²) in [5.41, 5.74) is 8.34. The third-order valence-electron chi connectivity index (χ3n) is 4.20. The number of benzene rings is 1. The van der Waals surface area contributed by atoms with Crippen molar-refractivity contribution in [3.63, 3.8) is 0 Å². The van der Waals surface area contributed by atoms with Gasteiger partial charge in [0.2, 0.25) is 0 Å². The Balaban J connectivity index is 1.85. The van der Waals surface area contributed by atoms with Crippen LogP contribution >= 0.6 is 23.4 Å². The number of thioether (sulfide) groups is 1. The van der Waals surface area contributed by atoms with E-state index < -0.39 is 0 Å². The monoisotopic (exact) mass is 374 g/mol. The van der Waals surface area contributed by atoms with Crippen molar-refractivity contribution in [2.75, 3.05) is 11.1 Å². The lowest BCUT2D eigenvalue weighted by Gasteiger charge is -2.30. The second kappa shape index (κ2) is 7.06. The van der Waals surface area contributed by atoms with E-state index in [0.29, 0.717) is 21.6 Å². The number of halogens is 1. The maximum atomic E-state index is 12.5. The standard InChI is InChI=1S/C18H19ClN4OS/c1-11-8-13(19)10-21-15(11)16(24)22-14-5-3-4-12(9-14)18(2)6-7-25-17(20)23-18/h3-5,8-10H,6-7H2,1-2H3,(H2,20,23)(H,22,24). The first kappa shape index (κ1) is 17.8. The number of rotatable bonds is 3. The number of hydrogen-bond donors (Lipinski definition) is 2. The largest absolute Gasteiger partial charge is 0.379 e. The van der Waals surface area contributed by atoms with Crippen LogP contribution in [0.4, 0.5) is 5.69 Å². The van der Waals surface area contributed by atoms with Crippen LogP contribution in [0.25, 0.3) is 0 Å². The number of anilines is 1. The van der Waals surface area contributed by atoms with E-state index in [2.05, 4.69) is 22.2 Å². The Morgan fingerprint density at radius 3 is 2.92 bits per heavy atom. The second-order valence-electron chi connectivity index (χ2n) is 6.18. The number of aryl methyl sites for hydroxylation is 1. The second-order valence-corrected chi connectivity index (χ2v) is 7.73. The molecule has 0 bridgehead atoms. The summed E-state index contributed by atoms with van der Waals surface area (Å²) < 4.78 is 0. The van der Waals surface area contributed by atoms with Gasteiger partial charge in [0.1, 0.15) is 5.69 Å². The summed E-state index contributed by atoms with van der Waals surface area (Å²) in [7, 11) is 0. The Morgan fingerprint density at radius 2 is 2.20 bits per heavy atom. The molecule has 7 heteroatoms. The fourth-order valence-corrected chi connectivity index (χ4v) is 3.98. The summed E-state index contributed by atoms with van der Waals surface area (Å²) >= 11 is 7.47. The first-order chi connectivity index (χ1) is 11.9. The van der Waals surface area contributed by atoms with Crippen molar-refractivity contribution in [2.24, 2.45) is 10.7 Å². The van der Waals surface area contributed by atoms with E-state index in [1.54, 1.807) is 17.8 Å². The molecule has 0 saturated heterocycles. The average Bonchev–Trinajstić information content (AvgIpc) is 2.54. The number of carbonyl (C=O) groups is 1. The minimum atomic E-state index is -0.371. The van der Waals surface area contributed by atoms with Crippen molar-refractivity contribution >= 4 is 40.1 Å². The highest BCUT2D eigenvalue weighted by Gasteiger charge is 2.29. The van der Waals surface area contributed by atoms with Crippen molar-refractivity contribution in [2.45, 2.75) is 25.8 Å². The highest BCUT2D eigenvalue weighted by Crippen LogP contribution is 2.35. The van der Waals surface area contributed by atoms with Gasteiger partial charge in [0.05, 0.1) is 10.6 Å². The molecule has 25 heavy (non-hydrogen) atoms. The molecule has 2 aromatic rings. The van der Waals surface area contributed by atoms with Gasteiger partial charge in [-0.2, -0.15) is 0 Å². The van der Waals surface area contributed by atoms with Crippen LogP contribution in [0, 0.1) is 6.92 Å². The SMILES string of the molecule is Cc1cc(Cl)cnc1C(=O)Nc1cccc(C2(C)CCSC(N)=N2)c1. The molecule has 0 radical (unpaired) electrons. The average molecular weight is 375 g/mol. The van der Waals surface area contributed by atoms with Crippen LogP contribution in [0.5, 0.6) is 0 Å². The van der Waals surface area contributed by atoms with Gasteiger partial charge >= 0.3 is 0 Å². The van der Waals surface area contributed by atoms with Crippen LogP contribution in [0.3, 0.4) is 0 Å². The molecule has 1 aliphatic heterocycles. The van der Waals surface area contributed by atoms with Gasteiger partial charge in [-0.25, -0.2) is 4.98 Å². The third kappa shape index (κ3) is 3.96. The maximum absolute atomic E-state index is 12.5. The molecule has 1 amide bonds. The van der Waals surface area contributed by atoms with Gasteiger partial charge in [-0.1, -0.05) is 35.5 Å². The molecule has 1 atom stereocenters. The molecule has 1 aromatic carbocycles. The zero-order valence-electron chi connectivity index (χ0n) is 14.0. The molecule has 3 N–H and O–H groups in total. The molecule has 0 fully saturated rings. The van der Waals surface area contributed by atoms with Crippen LogP contribution in [0.1, 0.15) is 35.0 Å². The van der Waals surface area contributed by atoms with Crippen LogP contribution < -0.4 is 11.1 Å². The number of aromatic nitrogens is 1. The fraction of sp³-hybridized carbons (Fsp3) is 0.278. The normalized spacial score (nSPS) is 20.0. The molecule has 1 unspecified atom stereocenters. The summed E-state index contributed by atoms with van der Waals surface area (Å²) in [6.45, 7) is 3.87. The Hall–Kier alpha value is -2.05. The van der Waals surface area contributed by atoms with Gasteiger partial charge in [0.25, 0.3) is 5.91 Å². The van der Waals surface area contributed by atoms with Crippen LogP contribution in [0.15, 0.2) is 41.5 Å². The van der Waals surface area contributed by atoms with E-state index in [-0.39, 0.29) is 11.4 Å². The van der Waals surface area contributed by atoms with Gasteiger partial charge in [-0.15, -0.1) is 0 Å². The molecule has 0 spiro atoms. The van der Waals surface area contributed by atoms with Gasteiger partial charge in [-0.05, 0) is 49.6 Å². The van der Waals surface area contributed by atoms with Crippen molar-refractivity contribution in [3.8, 4) is 0 Å². The number of nitrogens with zero attached hydrogens (tertiary/aromatic N) is 2. The number of nitrogens with two attached hydrogens (primary N) is 1. The summed E-state index contributed by atoms with van der Waals surface area (Å²) in [6.07, 6.45) is 2.37. The van der Waals surface area contributed by atoms with Crippen molar-refractivity contribution in [1.82, 2.24) is 4.98 Å². The lowest BCUT2D eigenvalue weighted by atomic mass is 9.89. The Kier molecular flexibility index (Phi) is 5.01. The molecule has 0 saturated carbocycles. The highest BCUT2D eigenvalue weighted by molar-refractivity contribution is 8.13. The smallest absolute Gasteiger partial charge is 0.274 e. The molecule has 0 aliphatic carbocycles. The molecule has 5 nitrogen and oxygen atoms in total. The highest BCUT2D eigenvalue weighted by atomic mass is 35.5. The van der Waals surface area contributed by atoms with E-state index in [0.717, 1.165) is 23.3 Å². The van der Waals surface area contributed by atoms with Gasteiger partial charge in [0.15, 0.2) is 5.17 Å². The van der Waals surface area contributed by atoms with E-state index >= 15 is 0 Å². The fourth-order valence-electron chi connectivity index (χ4n) is 2.80. The van der Waals surface area contributed by atoms with E-state index in [4.69, 9.17) is 17.3 Å². The number of carbonyl (C=O) groups excluding carboxylic acids is 1. The molecular formula is C18H19ClN4OS. The topological polar surface area (TPSA) is 80.4 Å². The number of pyridine rings is 1. The van der Waals surface area contributed by atoms with Crippen molar-refractivity contribution < 1.29 is 4.79 Å².